The van der Waals surface area contributed by atoms with Crippen molar-refractivity contribution in [3.63, 3.8) is 0 Å². The van der Waals surface area contributed by atoms with Crippen LogP contribution in [-0.2, 0) is 49.6 Å². The van der Waals surface area contributed by atoms with Gasteiger partial charge in [0.2, 0.25) is 35.4 Å². The predicted octanol–water partition coefficient (Wildman–Crippen LogP) is -3.81. The molecule has 1 aromatic carbocycles. The van der Waals surface area contributed by atoms with E-state index >= 15 is 0 Å². The first-order chi connectivity index (χ1) is 22.6. The summed E-state index contributed by atoms with van der Waals surface area (Å²) in [4.78, 5) is 110. The number of amides is 6. The molecule has 0 unspecified atom stereocenters. The minimum atomic E-state index is -1.87. The number of aromatic hydroxyl groups is 1. The van der Waals surface area contributed by atoms with Gasteiger partial charge in [-0.1, -0.05) is 12.1 Å². The van der Waals surface area contributed by atoms with E-state index < -0.39 is 110 Å². The highest BCUT2D eigenvalue weighted by molar-refractivity contribution is 5.98. The van der Waals surface area contributed by atoms with E-state index in [1.165, 1.54) is 31.2 Å². The van der Waals surface area contributed by atoms with Crippen LogP contribution in [0.1, 0.15) is 44.6 Å². The molecule has 0 spiro atoms. The van der Waals surface area contributed by atoms with Gasteiger partial charge in [-0.2, -0.15) is 0 Å². The second-order valence-electron chi connectivity index (χ2n) is 10.9. The van der Waals surface area contributed by atoms with Crippen LogP contribution >= 0.6 is 0 Å². The van der Waals surface area contributed by atoms with Crippen LogP contribution in [0.3, 0.4) is 0 Å². The molecule has 6 amide bonds. The number of carbonyl (C=O) groups excluding carboxylic acids is 7. The maximum atomic E-state index is 13.4. The molecule has 0 aromatic heterocycles. The van der Waals surface area contributed by atoms with Gasteiger partial charge in [-0.15, -0.1) is 0 Å². The summed E-state index contributed by atoms with van der Waals surface area (Å²) in [5.74, 6) is -8.50. The van der Waals surface area contributed by atoms with Gasteiger partial charge >= 0.3 is 11.9 Å². The Morgan fingerprint density at radius 1 is 0.875 bits per heavy atom. The maximum Gasteiger partial charge on any atom is 0.305 e. The summed E-state index contributed by atoms with van der Waals surface area (Å²) in [5, 5.41) is 51.9. The van der Waals surface area contributed by atoms with E-state index in [1.807, 2.05) is 0 Å². The van der Waals surface area contributed by atoms with Crippen molar-refractivity contribution in [1.82, 2.24) is 31.9 Å². The zero-order chi connectivity index (χ0) is 36.0. The molecule has 19 heteroatoms. The number of aliphatic hydroxyl groups excluding tert-OH is 1. The monoisotopic (exact) mass is 678 g/mol. The summed E-state index contributed by atoms with van der Waals surface area (Å²) >= 11 is 0. The van der Waals surface area contributed by atoms with Crippen molar-refractivity contribution in [1.29, 1.82) is 0 Å². The molecule has 19 nitrogen and oxygen atoms in total. The third kappa shape index (κ3) is 12.7. The van der Waals surface area contributed by atoms with Crippen molar-refractivity contribution < 1.29 is 63.6 Å². The number of aliphatic hydroxyl groups is 1. The summed E-state index contributed by atoms with van der Waals surface area (Å²) in [5.41, 5.74) is 0.376. The molecule has 0 saturated carbocycles. The Morgan fingerprint density at radius 2 is 1.48 bits per heavy atom. The number of phenols is 1. The van der Waals surface area contributed by atoms with Gasteiger partial charge in [-0.05, 0) is 37.5 Å². The van der Waals surface area contributed by atoms with Crippen LogP contribution in [0.4, 0.5) is 0 Å². The average Bonchev–Trinajstić information content (AvgIpc) is 3.46. The van der Waals surface area contributed by atoms with Crippen molar-refractivity contribution in [3.05, 3.63) is 29.8 Å². The van der Waals surface area contributed by atoms with E-state index in [2.05, 4.69) is 31.9 Å². The van der Waals surface area contributed by atoms with Crippen LogP contribution in [0.2, 0.25) is 0 Å². The third-order valence-corrected chi connectivity index (χ3v) is 7.03. The molecular formula is C29H38N6O13. The van der Waals surface area contributed by atoms with Gasteiger partial charge in [0.25, 0.3) is 0 Å². The van der Waals surface area contributed by atoms with Gasteiger partial charge < -0.3 is 57.1 Å². The summed E-state index contributed by atoms with van der Waals surface area (Å²) in [7, 11) is 0. The Hall–Kier alpha value is -5.59. The number of carboxylic acids is 2. The zero-order valence-electron chi connectivity index (χ0n) is 25.8. The van der Waals surface area contributed by atoms with Crippen LogP contribution < -0.4 is 31.9 Å². The van der Waals surface area contributed by atoms with Crippen molar-refractivity contribution in [3.8, 4) is 5.75 Å². The Balaban J connectivity index is 2.32. The minimum absolute atomic E-state index is 0.0468. The maximum absolute atomic E-state index is 13.4. The van der Waals surface area contributed by atoms with E-state index in [-0.39, 0.29) is 25.0 Å². The molecule has 10 N–H and O–H groups in total. The standard InChI is InChI=1S/C29H38N6O13/c1-14(37)24(29(48)30-10-11-36)35-28(47)19(12-15-2-4-16(38)5-3-15)33-27(46)20(13-23(42)43)34-26(45)18(7-9-22(40)41)32-25(44)17-6-8-21(39)31-17/h2-5,11,14,17-20,24,37-38H,6-10,12-13H2,1H3,(H,30,48)(H,31,39)(H,32,44)(H,33,46)(H,34,45)(H,35,47)(H,40,41)(H,42,43)/t14-,17+,18+,19+,20+,24+/m1/s1. The number of aldehydes is 1. The number of nitrogens with one attached hydrogen (secondary N) is 6. The fraction of sp³-hybridized carbons (Fsp3) is 0.483. The van der Waals surface area contributed by atoms with E-state index in [0.29, 0.717) is 11.8 Å². The summed E-state index contributed by atoms with van der Waals surface area (Å²) < 4.78 is 0. The van der Waals surface area contributed by atoms with Crippen molar-refractivity contribution in [2.75, 3.05) is 6.54 Å². The molecule has 1 saturated heterocycles. The first-order valence-electron chi connectivity index (χ1n) is 14.7. The van der Waals surface area contributed by atoms with E-state index in [9.17, 15) is 58.5 Å². The number of hydrogen-bond donors (Lipinski definition) is 10. The predicted molar refractivity (Wildman–Crippen MR) is 161 cm³/mol. The van der Waals surface area contributed by atoms with E-state index in [0.717, 1.165) is 0 Å². The smallest absolute Gasteiger partial charge is 0.305 e. The van der Waals surface area contributed by atoms with Gasteiger partial charge in [0.1, 0.15) is 42.2 Å². The lowest BCUT2D eigenvalue weighted by Crippen LogP contribution is -2.60. The largest absolute Gasteiger partial charge is 0.508 e. The first-order valence-corrected chi connectivity index (χ1v) is 14.7. The summed E-state index contributed by atoms with van der Waals surface area (Å²) in [6, 6.07) is -2.21. The Kier molecular flexibility index (Phi) is 14.9. The van der Waals surface area contributed by atoms with E-state index in [1.54, 1.807) is 0 Å². The number of aliphatic carboxylic acids is 2. The van der Waals surface area contributed by atoms with Crippen molar-refractivity contribution >= 4 is 53.7 Å². The summed E-state index contributed by atoms with van der Waals surface area (Å²) in [6.07, 6.45) is -3.33. The number of hydrogen-bond acceptors (Lipinski definition) is 11. The van der Waals surface area contributed by atoms with Gasteiger partial charge in [0, 0.05) is 19.3 Å². The minimum Gasteiger partial charge on any atom is -0.508 e. The molecule has 2 rings (SSSR count). The molecular weight excluding hydrogens is 640 g/mol. The highest BCUT2D eigenvalue weighted by Crippen LogP contribution is 2.13. The lowest BCUT2D eigenvalue weighted by atomic mass is 10.0. The number of carboxylic acid groups (broad SMARTS) is 2. The molecule has 1 heterocycles. The van der Waals surface area contributed by atoms with Gasteiger partial charge in [0.05, 0.1) is 19.1 Å². The molecule has 0 bridgehead atoms. The highest BCUT2D eigenvalue weighted by Gasteiger charge is 2.35. The number of carbonyl (C=O) groups is 9. The van der Waals surface area contributed by atoms with Gasteiger partial charge in [-0.25, -0.2) is 0 Å². The molecule has 1 fully saturated rings. The molecule has 48 heavy (non-hydrogen) atoms. The van der Waals surface area contributed by atoms with Crippen LogP contribution in [0, 0.1) is 0 Å². The van der Waals surface area contributed by atoms with Crippen molar-refractivity contribution in [2.45, 2.75) is 81.8 Å². The van der Waals surface area contributed by atoms with Crippen LogP contribution in [0.15, 0.2) is 24.3 Å². The highest BCUT2D eigenvalue weighted by atomic mass is 16.4. The van der Waals surface area contributed by atoms with Gasteiger partial charge in [0.15, 0.2) is 0 Å². The molecule has 262 valence electrons. The van der Waals surface area contributed by atoms with Gasteiger partial charge in [-0.3, -0.25) is 38.4 Å². The second kappa shape index (κ2) is 18.5. The van der Waals surface area contributed by atoms with Crippen LogP contribution in [-0.4, -0.2) is 117 Å². The second-order valence-corrected chi connectivity index (χ2v) is 10.9. The number of phenolic OH excluding ortho intramolecular Hbond substituents is 1. The molecule has 1 aromatic rings. The fourth-order valence-electron chi connectivity index (χ4n) is 4.54. The molecule has 1 aliphatic rings. The van der Waals surface area contributed by atoms with Crippen LogP contribution in [0.25, 0.3) is 0 Å². The Bertz CT molecular complexity index is 1380. The first kappa shape index (κ1) is 38.6. The number of rotatable bonds is 19. The average molecular weight is 679 g/mol. The Morgan fingerprint density at radius 3 is 2.02 bits per heavy atom. The number of benzene rings is 1. The zero-order valence-corrected chi connectivity index (χ0v) is 25.8. The summed E-state index contributed by atoms with van der Waals surface area (Å²) in [6.45, 7) is 0.753. The van der Waals surface area contributed by atoms with Crippen LogP contribution in [0.5, 0.6) is 5.75 Å². The lowest BCUT2D eigenvalue weighted by molar-refractivity contribution is -0.141. The third-order valence-electron chi connectivity index (χ3n) is 7.03. The molecule has 0 radical (unpaired) electrons. The fourth-order valence-corrected chi connectivity index (χ4v) is 4.54. The normalized spacial score (nSPS) is 16.9. The Labute approximate surface area is 273 Å². The topological polar surface area (TPSA) is 307 Å². The molecule has 0 aliphatic carbocycles. The lowest BCUT2D eigenvalue weighted by Gasteiger charge is -2.27. The molecule has 1 aliphatic heterocycles. The van der Waals surface area contributed by atoms with E-state index in [4.69, 9.17) is 5.11 Å². The molecule has 6 atom stereocenters. The SMILES string of the molecule is C[C@@H](O)[C@H](NC(=O)[C@H](Cc1ccc(O)cc1)NC(=O)[C@H](CC(=O)O)NC(=O)[C@H](CCC(=O)O)NC(=O)[C@@H]1CCC(=O)N1)C(=O)NCC=O. The van der Waals surface area contributed by atoms with Crippen molar-refractivity contribution in [2.24, 2.45) is 0 Å². The quantitative estimate of drug-likeness (QED) is 0.0629.